The van der Waals surface area contributed by atoms with Gasteiger partial charge in [-0.25, -0.2) is 9.97 Å². The number of allylic oxidation sites excluding steroid dienone is 2. The van der Waals surface area contributed by atoms with Crippen molar-refractivity contribution in [1.82, 2.24) is 20.2 Å². The zero-order valence-electron chi connectivity index (χ0n) is 18.6. The average molecular weight is 461 g/mol. The van der Waals surface area contributed by atoms with Crippen molar-refractivity contribution < 1.29 is 19.4 Å². The van der Waals surface area contributed by atoms with Gasteiger partial charge in [-0.1, -0.05) is 32.5 Å². The van der Waals surface area contributed by atoms with Crippen LogP contribution in [-0.4, -0.2) is 65.2 Å². The fourth-order valence-electron chi connectivity index (χ4n) is 2.70. The highest BCUT2D eigenvalue weighted by atomic mass is 32.2. The second-order valence-electron chi connectivity index (χ2n) is 7.92. The third-order valence-corrected chi connectivity index (χ3v) is 5.34. The first-order valence-electron chi connectivity index (χ1n) is 10.00. The second kappa shape index (κ2) is 11.6. The number of aliphatic hydroxyl groups excluding tert-OH is 1. The van der Waals surface area contributed by atoms with Crippen molar-refractivity contribution in [1.29, 1.82) is 5.26 Å². The van der Waals surface area contributed by atoms with E-state index in [9.17, 15) is 14.9 Å². The largest absolute Gasteiger partial charge is 0.387 e. The van der Waals surface area contributed by atoms with Crippen LogP contribution in [-0.2, 0) is 14.3 Å². The number of aliphatic hydroxyl groups is 1. The summed E-state index contributed by atoms with van der Waals surface area (Å²) in [4.78, 5) is 33.3. The maximum Gasteiger partial charge on any atom is 0.255 e. The highest BCUT2D eigenvalue weighted by Gasteiger charge is 2.25. The molecule has 32 heavy (non-hydrogen) atoms. The Bertz CT molecular complexity index is 948. The van der Waals surface area contributed by atoms with Crippen LogP contribution in [0.2, 0.25) is 0 Å². The van der Waals surface area contributed by atoms with Gasteiger partial charge in [-0.15, -0.1) is 0 Å². The van der Waals surface area contributed by atoms with Gasteiger partial charge < -0.3 is 20.5 Å². The summed E-state index contributed by atoms with van der Waals surface area (Å²) >= 11 is 1.45. The monoisotopic (exact) mass is 460 g/mol. The van der Waals surface area contributed by atoms with E-state index < -0.39 is 18.4 Å². The zero-order chi connectivity index (χ0) is 23.7. The number of aromatic nitrogens is 2. The summed E-state index contributed by atoms with van der Waals surface area (Å²) in [6.07, 6.45) is 1.97. The highest BCUT2D eigenvalue weighted by molar-refractivity contribution is 8.06. The van der Waals surface area contributed by atoms with Crippen molar-refractivity contribution in [2.24, 2.45) is 5.41 Å². The Morgan fingerprint density at radius 1 is 1.38 bits per heavy atom. The molecule has 0 radical (unpaired) electrons. The first-order valence-corrected chi connectivity index (χ1v) is 10.9. The van der Waals surface area contributed by atoms with Crippen LogP contribution in [0.15, 0.2) is 28.4 Å². The molecule has 2 rings (SSSR count). The Kier molecular flexibility index (Phi) is 9.19. The van der Waals surface area contributed by atoms with Gasteiger partial charge in [-0.2, -0.15) is 5.26 Å². The van der Waals surface area contributed by atoms with Crippen LogP contribution < -0.4 is 10.6 Å². The third-order valence-electron chi connectivity index (χ3n) is 4.45. The van der Waals surface area contributed by atoms with Crippen LogP contribution in [0.25, 0.3) is 5.57 Å². The number of carbonyl (C=O) groups is 2. The number of imide groups is 1. The van der Waals surface area contributed by atoms with Crippen LogP contribution in [0.4, 0.5) is 5.95 Å². The van der Waals surface area contributed by atoms with Crippen molar-refractivity contribution in [3.8, 4) is 6.07 Å². The quantitative estimate of drug-likeness (QED) is 0.368. The minimum atomic E-state index is -0.753. The van der Waals surface area contributed by atoms with E-state index in [2.05, 4.69) is 47.4 Å². The number of nitrogens with zero attached hydrogens (tertiary/aromatic N) is 4. The molecule has 0 saturated heterocycles. The lowest BCUT2D eigenvalue weighted by Gasteiger charge is -2.20. The molecule has 1 aliphatic rings. The van der Waals surface area contributed by atoms with E-state index in [1.165, 1.54) is 18.9 Å². The van der Waals surface area contributed by atoms with Crippen molar-refractivity contribution in [2.75, 3.05) is 38.7 Å². The number of thioether (sulfide) groups is 1. The molecule has 0 saturated carbocycles. The topological polar surface area (TPSA) is 140 Å². The van der Waals surface area contributed by atoms with Gasteiger partial charge in [0.1, 0.15) is 24.9 Å². The Morgan fingerprint density at radius 3 is 2.72 bits per heavy atom. The van der Waals surface area contributed by atoms with Crippen LogP contribution >= 0.6 is 11.8 Å². The molecule has 0 spiro atoms. The molecule has 172 valence electrons. The molecule has 2 heterocycles. The maximum atomic E-state index is 11.9. The summed E-state index contributed by atoms with van der Waals surface area (Å²) in [6, 6.07) is 3.88. The summed E-state index contributed by atoms with van der Waals surface area (Å²) in [7, 11) is 1.36. The summed E-state index contributed by atoms with van der Waals surface area (Å²) in [5, 5.41) is 27.8. The SMILES string of the molecule is COCC(=O)N(CCCNc1nccc(/C(C#N)=C2/NC(C(C)(C)C)=CS2)n1)C(=O)CO. The fraction of sp³-hybridized carbons (Fsp3) is 0.476. The highest BCUT2D eigenvalue weighted by Crippen LogP contribution is 2.37. The number of ether oxygens (including phenoxy) is 1. The first kappa shape index (κ1) is 25.3. The van der Waals surface area contributed by atoms with Crippen LogP contribution in [0, 0.1) is 16.7 Å². The molecule has 0 unspecified atom stereocenters. The molecule has 0 atom stereocenters. The van der Waals surface area contributed by atoms with E-state index in [4.69, 9.17) is 9.84 Å². The first-order chi connectivity index (χ1) is 15.2. The van der Waals surface area contributed by atoms with Gasteiger partial charge >= 0.3 is 0 Å². The summed E-state index contributed by atoms with van der Waals surface area (Å²) in [5.74, 6) is -0.869. The number of hydrogen-bond acceptors (Lipinski definition) is 10. The normalized spacial score (nSPS) is 14.8. The standard InChI is InChI=1S/C21H28N6O4S/c1-21(2,3)16-13-32-19(26-16)14(10-22)15-6-8-24-20(25-15)23-7-5-9-27(17(29)11-28)18(30)12-31-4/h6,8,13,26,28H,5,7,9,11-12H2,1-4H3,(H,23,24,25)/b19-14-. The molecule has 0 fully saturated rings. The molecule has 3 N–H and O–H groups in total. The molecule has 10 nitrogen and oxygen atoms in total. The minimum Gasteiger partial charge on any atom is -0.387 e. The van der Waals surface area contributed by atoms with Gasteiger partial charge in [0.25, 0.3) is 11.8 Å². The number of nitrogens with one attached hydrogen (secondary N) is 2. The molecule has 1 aliphatic heterocycles. The predicted octanol–water partition coefficient (Wildman–Crippen LogP) is 1.69. The fourth-order valence-corrected chi connectivity index (χ4v) is 3.79. The van der Waals surface area contributed by atoms with Crippen molar-refractivity contribution >= 4 is 35.1 Å². The molecule has 2 amide bonds. The Balaban J connectivity index is 2.01. The molecule has 0 bridgehead atoms. The number of methoxy groups -OCH3 is 1. The summed E-state index contributed by atoms with van der Waals surface area (Å²) < 4.78 is 4.77. The van der Waals surface area contributed by atoms with Crippen molar-refractivity contribution in [2.45, 2.75) is 27.2 Å². The lowest BCUT2D eigenvalue weighted by Crippen LogP contribution is -2.41. The summed E-state index contributed by atoms with van der Waals surface area (Å²) in [5.41, 5.74) is 1.86. The minimum absolute atomic E-state index is 0.0658. The number of hydrogen-bond donors (Lipinski definition) is 3. The maximum absolute atomic E-state index is 11.9. The smallest absolute Gasteiger partial charge is 0.255 e. The molecular formula is C21H28N6O4S. The Hall–Kier alpha value is -2.94. The molecule has 1 aromatic heterocycles. The number of nitriles is 1. The summed E-state index contributed by atoms with van der Waals surface area (Å²) in [6.45, 7) is 5.76. The molecule has 11 heteroatoms. The lowest BCUT2D eigenvalue weighted by molar-refractivity contribution is -0.148. The third kappa shape index (κ3) is 6.78. The zero-order valence-corrected chi connectivity index (χ0v) is 19.5. The van der Waals surface area contributed by atoms with Crippen LogP contribution in [0.3, 0.4) is 0 Å². The van der Waals surface area contributed by atoms with Crippen LogP contribution in [0.1, 0.15) is 32.9 Å². The number of anilines is 1. The van der Waals surface area contributed by atoms with E-state index in [-0.39, 0.29) is 18.6 Å². The predicted molar refractivity (Wildman–Crippen MR) is 122 cm³/mol. The van der Waals surface area contributed by atoms with Gasteiger partial charge in [0.15, 0.2) is 0 Å². The average Bonchev–Trinajstić information content (AvgIpc) is 3.25. The van der Waals surface area contributed by atoms with E-state index >= 15 is 0 Å². The van der Waals surface area contributed by atoms with Gasteiger partial charge in [0, 0.05) is 37.5 Å². The Labute approximate surface area is 191 Å². The van der Waals surface area contributed by atoms with E-state index in [0.717, 1.165) is 15.6 Å². The molecule has 1 aromatic rings. The lowest BCUT2D eigenvalue weighted by atomic mass is 9.93. The van der Waals surface area contributed by atoms with Crippen molar-refractivity contribution in [3.05, 3.63) is 34.1 Å². The van der Waals surface area contributed by atoms with E-state index in [0.29, 0.717) is 30.2 Å². The van der Waals surface area contributed by atoms with Gasteiger partial charge in [-0.05, 0) is 17.9 Å². The van der Waals surface area contributed by atoms with Crippen molar-refractivity contribution in [3.63, 3.8) is 0 Å². The number of rotatable bonds is 9. The molecule has 0 aliphatic carbocycles. The number of carbonyl (C=O) groups excluding carboxylic acids is 2. The van der Waals surface area contributed by atoms with Crippen LogP contribution in [0.5, 0.6) is 0 Å². The van der Waals surface area contributed by atoms with E-state index in [1.807, 2.05) is 5.41 Å². The van der Waals surface area contributed by atoms with Gasteiger partial charge in [0.2, 0.25) is 5.95 Å². The van der Waals surface area contributed by atoms with Gasteiger partial charge in [-0.3, -0.25) is 14.5 Å². The van der Waals surface area contributed by atoms with Gasteiger partial charge in [0.05, 0.1) is 10.7 Å². The molecular weight excluding hydrogens is 432 g/mol. The second-order valence-corrected chi connectivity index (χ2v) is 8.80. The number of amides is 2. The van der Waals surface area contributed by atoms with E-state index in [1.54, 1.807) is 12.3 Å². The Morgan fingerprint density at radius 2 is 2.12 bits per heavy atom. The molecule has 0 aromatic carbocycles.